The molecule has 1 aliphatic rings. The zero-order chi connectivity index (χ0) is 35.7. The van der Waals surface area contributed by atoms with E-state index in [1.807, 2.05) is 30.6 Å². The van der Waals surface area contributed by atoms with E-state index in [4.69, 9.17) is 19.9 Å². The van der Waals surface area contributed by atoms with E-state index in [2.05, 4.69) is 138 Å². The minimum Gasteiger partial charge on any atom is -0.309 e. The van der Waals surface area contributed by atoms with Crippen LogP contribution in [0.2, 0.25) is 0 Å². The van der Waals surface area contributed by atoms with Crippen LogP contribution in [0, 0.1) is 0 Å². The number of pyridine rings is 2. The quantitative estimate of drug-likeness (QED) is 0.171. The van der Waals surface area contributed by atoms with Crippen molar-refractivity contribution in [3.05, 3.63) is 157 Å². The standard InChI is InChI=1S/C47H30N6S/c1-47(2)35-15-5-3-11-29(35)33-25-34-30-12-4-7-17-38(30)52(39(34)26-36(33)47)27-19-21-28(22-20-27)53-44-32-14-10-24-49-42(32)41-31(13-9-23-48-41)43(44)51-45(53)46-50-37-16-6-8-18-40(37)54-46/h3-26H,1-2H3. The number of hydrogen-bond donors (Lipinski definition) is 0. The number of nitrogens with zero attached hydrogens (tertiary/aromatic N) is 6. The molecule has 5 aromatic heterocycles. The number of rotatable bonds is 3. The number of hydrogen-bond acceptors (Lipinski definition) is 5. The van der Waals surface area contributed by atoms with Crippen LogP contribution in [0.3, 0.4) is 0 Å². The fourth-order valence-electron chi connectivity index (χ4n) is 8.98. The SMILES string of the molecule is CC1(C)c2ccccc2-c2cc3c4ccccc4n(-c4ccc(-n5c(-c6nc7ccccc7s6)nc6c7cccnc7c7ncccc7c65)cc4)c3cc21. The Bertz CT molecular complexity index is 3330. The maximum Gasteiger partial charge on any atom is 0.175 e. The summed E-state index contributed by atoms with van der Waals surface area (Å²) in [6.07, 6.45) is 3.67. The first-order chi connectivity index (χ1) is 26.5. The van der Waals surface area contributed by atoms with E-state index in [1.165, 1.54) is 44.1 Å². The fourth-order valence-corrected chi connectivity index (χ4v) is 9.93. The summed E-state index contributed by atoms with van der Waals surface area (Å²) in [6, 6.07) is 47.9. The first-order valence-electron chi connectivity index (χ1n) is 18.2. The van der Waals surface area contributed by atoms with Gasteiger partial charge in [-0.15, -0.1) is 11.3 Å². The second-order valence-electron chi connectivity index (χ2n) is 14.7. The number of para-hydroxylation sites is 2. The third kappa shape index (κ3) is 3.94. The molecule has 0 bridgehead atoms. The summed E-state index contributed by atoms with van der Waals surface area (Å²) in [5.74, 6) is 0.801. The summed E-state index contributed by atoms with van der Waals surface area (Å²) in [5.41, 5.74) is 14.4. The lowest BCUT2D eigenvalue weighted by molar-refractivity contribution is 0.661. The Morgan fingerprint density at radius 3 is 2.04 bits per heavy atom. The maximum atomic E-state index is 5.39. The van der Waals surface area contributed by atoms with Gasteiger partial charge < -0.3 is 4.57 Å². The molecule has 1 aliphatic carbocycles. The van der Waals surface area contributed by atoms with Gasteiger partial charge in [0.25, 0.3) is 0 Å². The van der Waals surface area contributed by atoms with Gasteiger partial charge in [-0.25, -0.2) is 9.97 Å². The molecular weight excluding hydrogens is 681 g/mol. The van der Waals surface area contributed by atoms with Gasteiger partial charge in [0.2, 0.25) is 0 Å². The number of thiazole rings is 1. The van der Waals surface area contributed by atoms with Gasteiger partial charge in [-0.05, 0) is 101 Å². The molecule has 11 aromatic rings. The second-order valence-corrected chi connectivity index (χ2v) is 15.7. The zero-order valence-electron chi connectivity index (χ0n) is 29.4. The lowest BCUT2D eigenvalue weighted by Gasteiger charge is -2.21. The summed E-state index contributed by atoms with van der Waals surface area (Å²) >= 11 is 1.66. The molecule has 0 fully saturated rings. The first kappa shape index (κ1) is 29.8. The Morgan fingerprint density at radius 1 is 0.519 bits per heavy atom. The molecule has 0 aliphatic heterocycles. The van der Waals surface area contributed by atoms with E-state index < -0.39 is 0 Å². The highest BCUT2D eigenvalue weighted by Crippen LogP contribution is 2.51. The van der Waals surface area contributed by atoms with Gasteiger partial charge in [0.15, 0.2) is 10.8 Å². The van der Waals surface area contributed by atoms with Crippen molar-refractivity contribution in [2.45, 2.75) is 19.3 Å². The van der Waals surface area contributed by atoms with Gasteiger partial charge in [-0.3, -0.25) is 14.5 Å². The van der Waals surface area contributed by atoms with Crippen molar-refractivity contribution < 1.29 is 0 Å². The molecule has 5 heterocycles. The monoisotopic (exact) mass is 710 g/mol. The molecule has 0 radical (unpaired) electrons. The molecule has 0 saturated carbocycles. The minimum absolute atomic E-state index is 0.0951. The van der Waals surface area contributed by atoms with Crippen LogP contribution in [0.5, 0.6) is 0 Å². The topological polar surface area (TPSA) is 61.4 Å². The Hall–Kier alpha value is -6.70. The fraction of sp³-hybridized carbons (Fsp3) is 0.0638. The van der Waals surface area contributed by atoms with Crippen molar-refractivity contribution >= 4 is 76.2 Å². The van der Waals surface area contributed by atoms with E-state index in [0.717, 1.165) is 65.3 Å². The number of imidazole rings is 1. The first-order valence-corrected chi connectivity index (χ1v) is 19.0. The molecule has 0 saturated heterocycles. The van der Waals surface area contributed by atoms with E-state index in [-0.39, 0.29) is 5.41 Å². The normalized spacial score (nSPS) is 13.5. The summed E-state index contributed by atoms with van der Waals surface area (Å²) in [7, 11) is 0. The largest absolute Gasteiger partial charge is 0.309 e. The Kier molecular flexibility index (Phi) is 5.90. The summed E-state index contributed by atoms with van der Waals surface area (Å²) in [6.45, 7) is 4.70. The van der Waals surface area contributed by atoms with Crippen molar-refractivity contribution in [2.24, 2.45) is 0 Å². The molecule has 0 atom stereocenters. The summed E-state index contributed by atoms with van der Waals surface area (Å²) in [5, 5.41) is 5.35. The second kappa shape index (κ2) is 10.7. The molecule has 7 heteroatoms. The number of aromatic nitrogens is 6. The van der Waals surface area contributed by atoms with Gasteiger partial charge in [0.1, 0.15) is 0 Å². The molecule has 0 unspecified atom stereocenters. The van der Waals surface area contributed by atoms with Crippen LogP contribution in [-0.2, 0) is 5.41 Å². The maximum absolute atomic E-state index is 5.39. The van der Waals surface area contributed by atoms with Crippen LogP contribution in [-0.4, -0.2) is 29.1 Å². The van der Waals surface area contributed by atoms with Crippen molar-refractivity contribution in [1.29, 1.82) is 0 Å². The average molecular weight is 711 g/mol. The van der Waals surface area contributed by atoms with Crippen LogP contribution in [0.15, 0.2) is 146 Å². The summed E-state index contributed by atoms with van der Waals surface area (Å²) < 4.78 is 5.82. The van der Waals surface area contributed by atoms with Crippen LogP contribution >= 0.6 is 11.3 Å². The third-order valence-corrected chi connectivity index (χ3v) is 12.5. The van der Waals surface area contributed by atoms with E-state index >= 15 is 0 Å². The van der Waals surface area contributed by atoms with Crippen LogP contribution in [0.4, 0.5) is 0 Å². The Balaban J connectivity index is 1.11. The van der Waals surface area contributed by atoms with Crippen LogP contribution in [0.1, 0.15) is 25.0 Å². The Morgan fingerprint density at radius 2 is 1.20 bits per heavy atom. The predicted molar refractivity (Wildman–Crippen MR) is 222 cm³/mol. The van der Waals surface area contributed by atoms with Crippen LogP contribution < -0.4 is 0 Å². The highest BCUT2D eigenvalue weighted by atomic mass is 32.1. The molecule has 12 rings (SSSR count). The van der Waals surface area contributed by atoms with Crippen molar-refractivity contribution in [3.8, 4) is 33.3 Å². The Labute approximate surface area is 313 Å². The number of benzene rings is 6. The van der Waals surface area contributed by atoms with E-state index in [0.29, 0.717) is 0 Å². The third-order valence-electron chi connectivity index (χ3n) is 11.5. The highest BCUT2D eigenvalue weighted by Gasteiger charge is 2.36. The summed E-state index contributed by atoms with van der Waals surface area (Å²) in [4.78, 5) is 20.1. The average Bonchev–Trinajstić information content (AvgIpc) is 3.97. The molecule has 254 valence electrons. The number of fused-ring (bicyclic) bond motifs is 13. The lowest BCUT2D eigenvalue weighted by Crippen LogP contribution is -2.14. The van der Waals surface area contributed by atoms with Crippen LogP contribution in [0.25, 0.3) is 98.2 Å². The van der Waals surface area contributed by atoms with Gasteiger partial charge in [-0.1, -0.05) is 68.4 Å². The van der Waals surface area contributed by atoms with Gasteiger partial charge in [0.05, 0.1) is 43.3 Å². The van der Waals surface area contributed by atoms with Crippen molar-refractivity contribution in [3.63, 3.8) is 0 Å². The van der Waals surface area contributed by atoms with E-state index in [9.17, 15) is 0 Å². The smallest absolute Gasteiger partial charge is 0.175 e. The molecule has 0 amide bonds. The lowest BCUT2D eigenvalue weighted by atomic mass is 9.82. The molecule has 6 aromatic carbocycles. The molecular formula is C47H30N6S. The van der Waals surface area contributed by atoms with Crippen molar-refractivity contribution in [2.75, 3.05) is 0 Å². The van der Waals surface area contributed by atoms with Gasteiger partial charge in [0, 0.05) is 50.7 Å². The minimum atomic E-state index is -0.0951. The van der Waals surface area contributed by atoms with E-state index in [1.54, 1.807) is 11.3 Å². The molecule has 6 nitrogen and oxygen atoms in total. The molecule has 54 heavy (non-hydrogen) atoms. The van der Waals surface area contributed by atoms with Gasteiger partial charge in [-0.2, -0.15) is 0 Å². The molecule has 0 N–H and O–H groups in total. The molecule has 0 spiro atoms. The predicted octanol–water partition coefficient (Wildman–Crippen LogP) is 11.8. The van der Waals surface area contributed by atoms with Gasteiger partial charge >= 0.3 is 0 Å². The highest BCUT2D eigenvalue weighted by molar-refractivity contribution is 7.21. The zero-order valence-corrected chi connectivity index (χ0v) is 30.3. The van der Waals surface area contributed by atoms with Crippen molar-refractivity contribution in [1.82, 2.24) is 29.1 Å².